The van der Waals surface area contributed by atoms with Crippen molar-refractivity contribution in [2.45, 2.75) is 19.8 Å². The van der Waals surface area contributed by atoms with E-state index in [-0.39, 0.29) is 5.76 Å². The Labute approximate surface area is 106 Å². The van der Waals surface area contributed by atoms with E-state index >= 15 is 0 Å². The first-order chi connectivity index (χ1) is 8.81. The summed E-state index contributed by atoms with van der Waals surface area (Å²) in [6.45, 7) is 2.45. The molecule has 0 amide bonds. The van der Waals surface area contributed by atoms with E-state index in [4.69, 9.17) is 9.26 Å². The number of esters is 1. The zero-order chi connectivity index (χ0) is 12.8. The molecule has 0 fully saturated rings. The second-order valence-electron chi connectivity index (χ2n) is 3.93. The molecule has 0 N–H and O–H groups in total. The smallest absolute Gasteiger partial charge is 0.377 e. The van der Waals surface area contributed by atoms with E-state index in [1.807, 2.05) is 37.3 Å². The Hall–Kier alpha value is -2.10. The second-order valence-corrected chi connectivity index (χ2v) is 3.93. The fourth-order valence-electron chi connectivity index (χ4n) is 1.50. The van der Waals surface area contributed by atoms with Crippen molar-refractivity contribution in [2.24, 2.45) is 0 Å². The van der Waals surface area contributed by atoms with Crippen molar-refractivity contribution in [1.29, 1.82) is 0 Å². The SMILES string of the molecule is CCCCOC(=O)c1cc(-c2ccccc2)no1. The first-order valence-electron chi connectivity index (χ1n) is 6.00. The van der Waals surface area contributed by atoms with Crippen LogP contribution in [0.4, 0.5) is 0 Å². The number of benzene rings is 1. The first-order valence-corrected chi connectivity index (χ1v) is 6.00. The van der Waals surface area contributed by atoms with Gasteiger partial charge in [0.25, 0.3) is 0 Å². The molecule has 0 radical (unpaired) electrons. The molecule has 0 saturated carbocycles. The maximum Gasteiger partial charge on any atom is 0.377 e. The number of ether oxygens (including phenoxy) is 1. The highest BCUT2D eigenvalue weighted by atomic mass is 16.6. The lowest BCUT2D eigenvalue weighted by molar-refractivity contribution is 0.0453. The van der Waals surface area contributed by atoms with Crippen molar-refractivity contribution in [3.05, 3.63) is 42.2 Å². The Kier molecular flexibility index (Phi) is 4.12. The standard InChI is InChI=1S/C14H15NO3/c1-2-3-9-17-14(16)13-10-12(15-18-13)11-7-5-4-6-8-11/h4-8,10H,2-3,9H2,1H3. The molecule has 0 aliphatic heterocycles. The number of hydrogen-bond acceptors (Lipinski definition) is 4. The maximum atomic E-state index is 11.6. The third-order valence-electron chi connectivity index (χ3n) is 2.51. The van der Waals surface area contributed by atoms with Crippen LogP contribution in [0.25, 0.3) is 11.3 Å². The van der Waals surface area contributed by atoms with E-state index in [0.29, 0.717) is 12.3 Å². The number of carbonyl (C=O) groups excluding carboxylic acids is 1. The third kappa shape index (κ3) is 2.97. The predicted octanol–water partition coefficient (Wildman–Crippen LogP) is 3.30. The molecule has 0 aliphatic rings. The quantitative estimate of drug-likeness (QED) is 0.599. The molecule has 4 heteroatoms. The predicted molar refractivity (Wildman–Crippen MR) is 67.1 cm³/mol. The molecule has 0 saturated heterocycles. The van der Waals surface area contributed by atoms with Gasteiger partial charge in [0.15, 0.2) is 0 Å². The van der Waals surface area contributed by atoms with Gasteiger partial charge in [0.05, 0.1) is 6.61 Å². The van der Waals surface area contributed by atoms with Crippen LogP contribution in [0.1, 0.15) is 30.3 Å². The highest BCUT2D eigenvalue weighted by Gasteiger charge is 2.14. The molecule has 0 unspecified atom stereocenters. The number of hydrogen-bond donors (Lipinski definition) is 0. The normalized spacial score (nSPS) is 10.3. The molecule has 1 aromatic heterocycles. The van der Waals surface area contributed by atoms with Crippen LogP contribution in [0.15, 0.2) is 40.9 Å². The molecule has 1 aromatic carbocycles. The minimum absolute atomic E-state index is 0.143. The van der Waals surface area contributed by atoms with E-state index in [1.165, 1.54) is 0 Å². The lowest BCUT2D eigenvalue weighted by atomic mass is 10.1. The maximum absolute atomic E-state index is 11.6. The van der Waals surface area contributed by atoms with Crippen LogP contribution >= 0.6 is 0 Å². The molecule has 2 rings (SSSR count). The van der Waals surface area contributed by atoms with Crippen molar-refractivity contribution in [2.75, 3.05) is 6.61 Å². The Morgan fingerprint density at radius 1 is 1.33 bits per heavy atom. The first kappa shape index (κ1) is 12.4. The minimum atomic E-state index is -0.460. The second kappa shape index (κ2) is 6.00. The molecule has 0 atom stereocenters. The van der Waals surface area contributed by atoms with Crippen LogP contribution in [-0.4, -0.2) is 17.7 Å². The molecule has 4 nitrogen and oxygen atoms in total. The summed E-state index contributed by atoms with van der Waals surface area (Å²) in [7, 11) is 0. The van der Waals surface area contributed by atoms with Crippen molar-refractivity contribution in [1.82, 2.24) is 5.16 Å². The Morgan fingerprint density at radius 2 is 2.11 bits per heavy atom. The van der Waals surface area contributed by atoms with Gasteiger partial charge in [0, 0.05) is 11.6 Å². The Morgan fingerprint density at radius 3 is 2.83 bits per heavy atom. The van der Waals surface area contributed by atoms with Crippen LogP contribution in [-0.2, 0) is 4.74 Å². The number of rotatable bonds is 5. The van der Waals surface area contributed by atoms with Crippen molar-refractivity contribution >= 4 is 5.97 Å². The summed E-state index contributed by atoms with van der Waals surface area (Å²) >= 11 is 0. The Bertz CT molecular complexity index is 505. The highest BCUT2D eigenvalue weighted by molar-refractivity contribution is 5.87. The summed E-state index contributed by atoms with van der Waals surface area (Å²) in [5, 5.41) is 3.86. The summed E-state index contributed by atoms with van der Waals surface area (Å²) in [4.78, 5) is 11.6. The highest BCUT2D eigenvalue weighted by Crippen LogP contribution is 2.18. The van der Waals surface area contributed by atoms with E-state index in [9.17, 15) is 4.79 Å². The summed E-state index contributed by atoms with van der Waals surface area (Å²) in [6, 6.07) is 11.1. The fraction of sp³-hybridized carbons (Fsp3) is 0.286. The average Bonchev–Trinajstić information content (AvgIpc) is 2.89. The van der Waals surface area contributed by atoms with Gasteiger partial charge < -0.3 is 9.26 Å². The number of unbranched alkanes of at least 4 members (excludes halogenated alkanes) is 1. The van der Waals surface area contributed by atoms with Gasteiger partial charge in [0.1, 0.15) is 5.69 Å². The Balaban J connectivity index is 2.04. The molecule has 94 valence electrons. The minimum Gasteiger partial charge on any atom is -0.460 e. The zero-order valence-electron chi connectivity index (χ0n) is 10.3. The number of aromatic nitrogens is 1. The van der Waals surface area contributed by atoms with Gasteiger partial charge in [-0.15, -0.1) is 0 Å². The molecule has 0 bridgehead atoms. The lowest BCUT2D eigenvalue weighted by Crippen LogP contribution is -2.04. The van der Waals surface area contributed by atoms with Gasteiger partial charge in [0.2, 0.25) is 5.76 Å². The molecule has 0 aliphatic carbocycles. The monoisotopic (exact) mass is 245 g/mol. The fourth-order valence-corrected chi connectivity index (χ4v) is 1.50. The van der Waals surface area contributed by atoms with Crippen LogP contribution < -0.4 is 0 Å². The van der Waals surface area contributed by atoms with Crippen molar-refractivity contribution in [3.63, 3.8) is 0 Å². The summed E-state index contributed by atoms with van der Waals surface area (Å²) in [5.74, 6) is -0.317. The van der Waals surface area contributed by atoms with Crippen molar-refractivity contribution in [3.8, 4) is 11.3 Å². The van der Waals surface area contributed by atoms with Gasteiger partial charge >= 0.3 is 5.97 Å². The van der Waals surface area contributed by atoms with Crippen molar-refractivity contribution < 1.29 is 14.1 Å². The van der Waals surface area contributed by atoms with Crippen LogP contribution in [0.5, 0.6) is 0 Å². The summed E-state index contributed by atoms with van der Waals surface area (Å²) < 4.78 is 10.0. The average molecular weight is 245 g/mol. The van der Waals surface area contributed by atoms with E-state index in [0.717, 1.165) is 18.4 Å². The van der Waals surface area contributed by atoms with E-state index < -0.39 is 5.97 Å². The van der Waals surface area contributed by atoms with Gasteiger partial charge in [-0.3, -0.25) is 0 Å². The van der Waals surface area contributed by atoms with Crippen LogP contribution in [0, 0.1) is 0 Å². The number of nitrogens with zero attached hydrogens (tertiary/aromatic N) is 1. The molecule has 2 aromatic rings. The van der Waals surface area contributed by atoms with Gasteiger partial charge in [-0.05, 0) is 6.42 Å². The number of carbonyl (C=O) groups is 1. The van der Waals surface area contributed by atoms with E-state index in [2.05, 4.69) is 5.16 Å². The third-order valence-corrected chi connectivity index (χ3v) is 2.51. The van der Waals surface area contributed by atoms with Crippen LogP contribution in [0.3, 0.4) is 0 Å². The molecular formula is C14H15NO3. The van der Waals surface area contributed by atoms with Gasteiger partial charge in [-0.25, -0.2) is 4.79 Å². The zero-order valence-corrected chi connectivity index (χ0v) is 10.3. The van der Waals surface area contributed by atoms with E-state index in [1.54, 1.807) is 6.07 Å². The van der Waals surface area contributed by atoms with Crippen LogP contribution in [0.2, 0.25) is 0 Å². The molecule has 18 heavy (non-hydrogen) atoms. The topological polar surface area (TPSA) is 52.3 Å². The largest absolute Gasteiger partial charge is 0.460 e. The molecular weight excluding hydrogens is 230 g/mol. The molecule has 1 heterocycles. The van der Waals surface area contributed by atoms with Gasteiger partial charge in [-0.2, -0.15) is 0 Å². The molecule has 0 spiro atoms. The summed E-state index contributed by atoms with van der Waals surface area (Å²) in [5.41, 5.74) is 1.55. The summed E-state index contributed by atoms with van der Waals surface area (Å²) in [6.07, 6.45) is 1.84. The lowest BCUT2D eigenvalue weighted by Gasteiger charge is -1.99. The van der Waals surface area contributed by atoms with Gasteiger partial charge in [-0.1, -0.05) is 48.8 Å².